The normalized spacial score (nSPS) is 12.9. The fraction of sp³-hybridized carbons (Fsp3) is 0.263. The first-order valence-corrected chi connectivity index (χ1v) is 7.98. The fourth-order valence-electron chi connectivity index (χ4n) is 2.30. The van der Waals surface area contributed by atoms with Crippen molar-refractivity contribution in [3.63, 3.8) is 0 Å². The number of nitrogen functional groups attached to an aromatic ring is 2. The number of carbonyl (C=O) groups excluding carboxylic acids is 2. The average molecular weight is 342 g/mol. The monoisotopic (exact) mass is 342 g/mol. The summed E-state index contributed by atoms with van der Waals surface area (Å²) in [6.07, 6.45) is -0.417. The Bertz CT molecular complexity index is 663. The number of benzene rings is 2. The maximum absolute atomic E-state index is 12.0. The van der Waals surface area contributed by atoms with Gasteiger partial charge in [-0.1, -0.05) is 0 Å². The molecule has 0 aliphatic carbocycles. The summed E-state index contributed by atoms with van der Waals surface area (Å²) in [7, 11) is 0. The molecule has 0 fully saturated rings. The number of carbonyl (C=O) groups is 2. The van der Waals surface area contributed by atoms with Crippen molar-refractivity contribution < 1.29 is 19.1 Å². The van der Waals surface area contributed by atoms with Crippen molar-refractivity contribution in [1.82, 2.24) is 0 Å². The minimum atomic E-state index is -0.440. The Kier molecular flexibility index (Phi) is 6.00. The molecule has 0 aliphatic heterocycles. The summed E-state index contributed by atoms with van der Waals surface area (Å²) < 4.78 is 10.7. The lowest BCUT2D eigenvalue weighted by Crippen LogP contribution is -2.23. The van der Waals surface area contributed by atoms with E-state index < -0.39 is 24.1 Å². The molecule has 2 aromatic carbocycles. The molecule has 2 aromatic rings. The van der Waals surface area contributed by atoms with E-state index in [1.165, 1.54) is 0 Å². The molecule has 6 heteroatoms. The molecule has 0 amide bonds. The zero-order chi connectivity index (χ0) is 18.4. The quantitative estimate of drug-likeness (QED) is 0.617. The lowest BCUT2D eigenvalue weighted by atomic mass is 10.1. The van der Waals surface area contributed by atoms with Crippen molar-refractivity contribution >= 4 is 23.3 Å². The van der Waals surface area contributed by atoms with Gasteiger partial charge in [0, 0.05) is 17.8 Å². The largest absolute Gasteiger partial charge is 0.459 e. The number of nitrogens with two attached hydrogens (primary N) is 2. The smallest absolute Gasteiger partial charge is 0.338 e. The number of hydrogen-bond donors (Lipinski definition) is 2. The van der Waals surface area contributed by atoms with Crippen LogP contribution in [0.5, 0.6) is 0 Å². The minimum Gasteiger partial charge on any atom is -0.459 e. The van der Waals surface area contributed by atoms with E-state index in [-0.39, 0.29) is 0 Å². The number of anilines is 2. The van der Waals surface area contributed by atoms with Crippen LogP contribution < -0.4 is 11.5 Å². The Balaban J connectivity index is 1.83. The third-order valence-electron chi connectivity index (χ3n) is 3.57. The molecule has 6 nitrogen and oxygen atoms in total. The van der Waals surface area contributed by atoms with Crippen LogP contribution in [0.2, 0.25) is 0 Å². The molecule has 0 bridgehead atoms. The summed E-state index contributed by atoms with van der Waals surface area (Å²) in [4.78, 5) is 24.1. The van der Waals surface area contributed by atoms with Crippen LogP contribution in [0.15, 0.2) is 48.5 Å². The number of esters is 2. The molecular weight excluding hydrogens is 320 g/mol. The van der Waals surface area contributed by atoms with E-state index in [0.717, 1.165) is 0 Å². The first-order chi connectivity index (χ1) is 11.8. The predicted octanol–water partition coefficient (Wildman–Crippen LogP) is 3.03. The molecule has 0 aliphatic rings. The van der Waals surface area contributed by atoms with Gasteiger partial charge in [-0.3, -0.25) is 0 Å². The molecule has 25 heavy (non-hydrogen) atoms. The average Bonchev–Trinajstić information content (AvgIpc) is 2.55. The highest BCUT2D eigenvalue weighted by molar-refractivity contribution is 5.90. The maximum Gasteiger partial charge on any atom is 0.338 e. The van der Waals surface area contributed by atoms with Crippen molar-refractivity contribution in [3.8, 4) is 0 Å². The second kappa shape index (κ2) is 8.19. The number of rotatable bonds is 6. The molecule has 0 saturated carbocycles. The highest BCUT2D eigenvalue weighted by atomic mass is 16.6. The van der Waals surface area contributed by atoms with Crippen LogP contribution in [0, 0.1) is 0 Å². The lowest BCUT2D eigenvalue weighted by Gasteiger charge is -2.18. The van der Waals surface area contributed by atoms with Crippen LogP contribution in [0.25, 0.3) is 0 Å². The van der Waals surface area contributed by atoms with Crippen molar-refractivity contribution in [2.75, 3.05) is 11.5 Å². The molecule has 0 heterocycles. The summed E-state index contributed by atoms with van der Waals surface area (Å²) in [5, 5.41) is 0. The molecule has 0 radical (unpaired) electrons. The first kappa shape index (κ1) is 18.3. The van der Waals surface area contributed by atoms with Gasteiger partial charge in [0.1, 0.15) is 12.2 Å². The van der Waals surface area contributed by atoms with E-state index >= 15 is 0 Å². The van der Waals surface area contributed by atoms with Crippen molar-refractivity contribution in [2.24, 2.45) is 0 Å². The van der Waals surface area contributed by atoms with Crippen LogP contribution in [-0.4, -0.2) is 24.1 Å². The summed E-state index contributed by atoms with van der Waals surface area (Å²) in [6, 6.07) is 13.0. The van der Waals surface area contributed by atoms with E-state index in [1.807, 2.05) is 0 Å². The van der Waals surface area contributed by atoms with Crippen LogP contribution in [-0.2, 0) is 9.47 Å². The van der Waals surface area contributed by atoms with Gasteiger partial charge < -0.3 is 20.9 Å². The highest BCUT2D eigenvalue weighted by Gasteiger charge is 2.18. The van der Waals surface area contributed by atoms with Gasteiger partial charge in [0.15, 0.2) is 0 Å². The summed E-state index contributed by atoms with van der Waals surface area (Å²) in [5.74, 6) is -0.880. The maximum atomic E-state index is 12.0. The van der Waals surface area contributed by atoms with Crippen LogP contribution >= 0.6 is 0 Å². The Hall–Kier alpha value is -3.02. The van der Waals surface area contributed by atoms with E-state index in [2.05, 4.69) is 0 Å². The summed E-state index contributed by atoms with van der Waals surface area (Å²) >= 11 is 0. The predicted molar refractivity (Wildman–Crippen MR) is 96.1 cm³/mol. The molecule has 0 spiro atoms. The second-order valence-corrected chi connectivity index (χ2v) is 5.91. The van der Waals surface area contributed by atoms with E-state index in [1.54, 1.807) is 62.4 Å². The molecule has 2 atom stereocenters. The van der Waals surface area contributed by atoms with Gasteiger partial charge in [-0.25, -0.2) is 9.59 Å². The minimum absolute atomic E-state index is 0.390. The van der Waals surface area contributed by atoms with Crippen molar-refractivity contribution in [2.45, 2.75) is 32.5 Å². The Labute approximate surface area is 146 Å². The molecule has 2 unspecified atom stereocenters. The van der Waals surface area contributed by atoms with Gasteiger partial charge in [0.25, 0.3) is 0 Å². The molecule has 2 rings (SSSR count). The van der Waals surface area contributed by atoms with Crippen LogP contribution in [0.4, 0.5) is 11.4 Å². The summed E-state index contributed by atoms with van der Waals surface area (Å²) in [5.41, 5.74) is 13.2. The lowest BCUT2D eigenvalue weighted by molar-refractivity contribution is 0.00765. The summed E-state index contributed by atoms with van der Waals surface area (Å²) in [6.45, 7) is 3.51. The van der Waals surface area contributed by atoms with Gasteiger partial charge in [0.2, 0.25) is 0 Å². The third-order valence-corrected chi connectivity index (χ3v) is 3.57. The fourth-order valence-corrected chi connectivity index (χ4v) is 2.30. The van der Waals surface area contributed by atoms with Gasteiger partial charge >= 0.3 is 11.9 Å². The molecule has 4 N–H and O–H groups in total. The van der Waals surface area contributed by atoms with Crippen LogP contribution in [0.1, 0.15) is 41.0 Å². The Morgan fingerprint density at radius 2 is 1.08 bits per heavy atom. The second-order valence-electron chi connectivity index (χ2n) is 5.91. The van der Waals surface area contributed by atoms with Gasteiger partial charge in [-0.2, -0.15) is 0 Å². The number of hydrogen-bond acceptors (Lipinski definition) is 6. The van der Waals surface area contributed by atoms with E-state index in [9.17, 15) is 9.59 Å². The Morgan fingerprint density at radius 1 is 0.760 bits per heavy atom. The SMILES string of the molecule is CC(CC(C)OC(=O)c1ccc(N)cc1)OC(=O)c1ccc(N)cc1. The van der Waals surface area contributed by atoms with Gasteiger partial charge in [0.05, 0.1) is 11.1 Å². The number of ether oxygens (including phenoxy) is 2. The highest BCUT2D eigenvalue weighted by Crippen LogP contribution is 2.14. The Morgan fingerprint density at radius 3 is 1.40 bits per heavy atom. The first-order valence-electron chi connectivity index (χ1n) is 7.98. The topological polar surface area (TPSA) is 105 Å². The van der Waals surface area contributed by atoms with Crippen molar-refractivity contribution in [3.05, 3.63) is 59.7 Å². The van der Waals surface area contributed by atoms with Crippen molar-refractivity contribution in [1.29, 1.82) is 0 Å². The molecule has 0 saturated heterocycles. The standard InChI is InChI=1S/C19H22N2O4/c1-12(24-18(22)14-3-7-16(20)8-4-14)11-13(2)25-19(23)15-5-9-17(21)10-6-15/h3-10,12-13H,11,20-21H2,1-2H3. The van der Waals surface area contributed by atoms with Crippen LogP contribution in [0.3, 0.4) is 0 Å². The van der Waals surface area contributed by atoms with Gasteiger partial charge in [-0.15, -0.1) is 0 Å². The molecular formula is C19H22N2O4. The van der Waals surface area contributed by atoms with E-state index in [0.29, 0.717) is 28.9 Å². The van der Waals surface area contributed by atoms with Gasteiger partial charge in [-0.05, 0) is 62.4 Å². The third kappa shape index (κ3) is 5.53. The molecule has 0 aromatic heterocycles. The zero-order valence-electron chi connectivity index (χ0n) is 14.3. The van der Waals surface area contributed by atoms with E-state index in [4.69, 9.17) is 20.9 Å². The zero-order valence-corrected chi connectivity index (χ0v) is 14.3. The molecule has 132 valence electrons.